The Bertz CT molecular complexity index is 491. The van der Waals surface area contributed by atoms with E-state index < -0.39 is 4.92 Å². The molecule has 2 unspecified atom stereocenters. The molecule has 2 atom stereocenters. The molecular weight excluding hydrogens is 244 g/mol. The molecule has 0 bridgehead atoms. The van der Waals surface area contributed by atoms with Crippen LogP contribution in [0.5, 0.6) is 0 Å². The van der Waals surface area contributed by atoms with Crippen LogP contribution in [0.25, 0.3) is 0 Å². The highest BCUT2D eigenvalue weighted by atomic mass is 16.6. The molecule has 1 aliphatic heterocycles. The van der Waals surface area contributed by atoms with Gasteiger partial charge in [-0.25, -0.2) is 0 Å². The van der Waals surface area contributed by atoms with E-state index in [9.17, 15) is 14.9 Å². The van der Waals surface area contributed by atoms with E-state index in [4.69, 9.17) is 0 Å². The fraction of sp³-hybridized carbons (Fsp3) is 0.500. The zero-order valence-electron chi connectivity index (χ0n) is 11.2. The van der Waals surface area contributed by atoms with Gasteiger partial charge in [0.1, 0.15) is 12.0 Å². The van der Waals surface area contributed by atoms with Gasteiger partial charge in [-0.2, -0.15) is 0 Å². The van der Waals surface area contributed by atoms with Gasteiger partial charge in [0.05, 0.1) is 4.92 Å². The van der Waals surface area contributed by atoms with Gasteiger partial charge < -0.3 is 4.90 Å². The van der Waals surface area contributed by atoms with E-state index in [0.29, 0.717) is 29.4 Å². The maximum atomic E-state index is 11.2. The third-order valence-corrected chi connectivity index (χ3v) is 3.54. The smallest absolute Gasteiger partial charge is 0.293 e. The summed E-state index contributed by atoms with van der Waals surface area (Å²) >= 11 is 0. The summed E-state index contributed by atoms with van der Waals surface area (Å²) in [6.45, 7) is 5.97. The molecule has 1 aliphatic rings. The van der Waals surface area contributed by atoms with Crippen LogP contribution in [0.3, 0.4) is 0 Å². The molecular formula is C14H18N2O3. The van der Waals surface area contributed by atoms with Gasteiger partial charge in [-0.1, -0.05) is 13.8 Å². The number of rotatable bonds is 3. The van der Waals surface area contributed by atoms with Gasteiger partial charge in [-0.15, -0.1) is 0 Å². The quantitative estimate of drug-likeness (QED) is 0.477. The predicted molar refractivity (Wildman–Crippen MR) is 73.6 cm³/mol. The van der Waals surface area contributed by atoms with Crippen molar-refractivity contribution in [3.05, 3.63) is 33.9 Å². The summed E-state index contributed by atoms with van der Waals surface area (Å²) in [4.78, 5) is 23.5. The van der Waals surface area contributed by atoms with Crippen LogP contribution in [0.15, 0.2) is 18.2 Å². The third kappa shape index (κ3) is 2.92. The molecule has 5 nitrogen and oxygen atoms in total. The first kappa shape index (κ1) is 13.5. The molecule has 1 saturated heterocycles. The molecule has 0 aromatic heterocycles. The second-order valence-electron chi connectivity index (χ2n) is 5.47. The summed E-state index contributed by atoms with van der Waals surface area (Å²) < 4.78 is 0. The first-order valence-electron chi connectivity index (χ1n) is 6.49. The van der Waals surface area contributed by atoms with E-state index in [1.165, 1.54) is 6.07 Å². The fourth-order valence-corrected chi connectivity index (χ4v) is 2.89. The van der Waals surface area contributed by atoms with E-state index in [0.717, 1.165) is 19.5 Å². The van der Waals surface area contributed by atoms with Gasteiger partial charge in [-0.3, -0.25) is 14.9 Å². The van der Waals surface area contributed by atoms with Gasteiger partial charge in [0.25, 0.3) is 5.69 Å². The average Bonchev–Trinajstić information content (AvgIpc) is 2.36. The minimum Gasteiger partial charge on any atom is -0.365 e. The SMILES string of the molecule is CC1CC(C)CN(c2ccc(C=O)cc2[N+](=O)[O-])C1. The van der Waals surface area contributed by atoms with Crippen molar-refractivity contribution in [3.8, 4) is 0 Å². The Morgan fingerprint density at radius 1 is 1.32 bits per heavy atom. The standard InChI is InChI=1S/C14H18N2O3/c1-10-5-11(2)8-15(7-10)13-4-3-12(9-17)6-14(13)16(18)19/h3-4,6,9-11H,5,7-8H2,1-2H3. The number of benzene rings is 1. The van der Waals surface area contributed by atoms with Crippen LogP contribution in [0, 0.1) is 22.0 Å². The van der Waals surface area contributed by atoms with Crippen LogP contribution in [0.2, 0.25) is 0 Å². The lowest BCUT2D eigenvalue weighted by Crippen LogP contribution is -2.39. The molecule has 0 amide bonds. The number of nitrogens with zero attached hydrogens (tertiary/aromatic N) is 2. The van der Waals surface area contributed by atoms with E-state index >= 15 is 0 Å². The summed E-state index contributed by atoms with van der Waals surface area (Å²) in [6, 6.07) is 4.68. The van der Waals surface area contributed by atoms with E-state index in [1.807, 2.05) is 0 Å². The van der Waals surface area contributed by atoms with Crippen molar-refractivity contribution in [3.63, 3.8) is 0 Å². The van der Waals surface area contributed by atoms with Crippen molar-refractivity contribution < 1.29 is 9.72 Å². The van der Waals surface area contributed by atoms with Crippen LogP contribution in [0.4, 0.5) is 11.4 Å². The minimum absolute atomic E-state index is 0.0194. The second kappa shape index (κ2) is 5.38. The predicted octanol–water partition coefficient (Wildman–Crippen LogP) is 2.89. The molecule has 0 saturated carbocycles. The maximum Gasteiger partial charge on any atom is 0.293 e. The van der Waals surface area contributed by atoms with Crippen molar-refractivity contribution in [2.45, 2.75) is 20.3 Å². The zero-order chi connectivity index (χ0) is 14.0. The Kier molecular flexibility index (Phi) is 3.83. The topological polar surface area (TPSA) is 63.5 Å². The number of anilines is 1. The number of aldehydes is 1. The van der Waals surface area contributed by atoms with Crippen LogP contribution in [-0.2, 0) is 0 Å². The number of hydrogen-bond acceptors (Lipinski definition) is 4. The van der Waals surface area contributed by atoms with Crippen molar-refractivity contribution in [1.82, 2.24) is 0 Å². The molecule has 1 aromatic carbocycles. The molecule has 5 heteroatoms. The Hall–Kier alpha value is -1.91. The first-order chi connectivity index (χ1) is 9.01. The number of hydrogen-bond donors (Lipinski definition) is 0. The molecule has 1 heterocycles. The average molecular weight is 262 g/mol. The zero-order valence-corrected chi connectivity index (χ0v) is 11.2. The summed E-state index contributed by atoms with van der Waals surface area (Å²) in [5.41, 5.74) is 0.980. The molecule has 2 rings (SSSR count). The van der Waals surface area contributed by atoms with Crippen molar-refractivity contribution in [2.75, 3.05) is 18.0 Å². The van der Waals surface area contributed by atoms with E-state index in [1.54, 1.807) is 12.1 Å². The number of nitro groups is 1. The number of piperidine rings is 1. The monoisotopic (exact) mass is 262 g/mol. The molecule has 19 heavy (non-hydrogen) atoms. The van der Waals surface area contributed by atoms with Gasteiger partial charge in [-0.05, 0) is 30.4 Å². The normalized spacial score (nSPS) is 23.2. The molecule has 0 N–H and O–H groups in total. The number of carbonyl (C=O) groups is 1. The Morgan fingerprint density at radius 2 is 1.95 bits per heavy atom. The van der Waals surface area contributed by atoms with Crippen molar-refractivity contribution >= 4 is 17.7 Å². The molecule has 102 valence electrons. The Labute approximate surface area is 112 Å². The molecule has 1 fully saturated rings. The van der Waals surface area contributed by atoms with Crippen LogP contribution in [0.1, 0.15) is 30.6 Å². The number of nitro benzene ring substituents is 1. The highest BCUT2D eigenvalue weighted by Crippen LogP contribution is 2.33. The summed E-state index contributed by atoms with van der Waals surface area (Å²) in [5.74, 6) is 1.04. The lowest BCUT2D eigenvalue weighted by molar-refractivity contribution is -0.384. The van der Waals surface area contributed by atoms with E-state index in [-0.39, 0.29) is 5.69 Å². The van der Waals surface area contributed by atoms with Crippen LogP contribution in [-0.4, -0.2) is 24.3 Å². The third-order valence-electron chi connectivity index (χ3n) is 3.54. The second-order valence-corrected chi connectivity index (χ2v) is 5.47. The molecule has 1 aromatic rings. The summed E-state index contributed by atoms with van der Waals surface area (Å²) in [5, 5.41) is 11.2. The van der Waals surface area contributed by atoms with Gasteiger partial charge in [0, 0.05) is 24.7 Å². The fourth-order valence-electron chi connectivity index (χ4n) is 2.89. The van der Waals surface area contributed by atoms with Crippen molar-refractivity contribution in [2.24, 2.45) is 11.8 Å². The minimum atomic E-state index is -0.410. The summed E-state index contributed by atoms with van der Waals surface area (Å²) in [6.07, 6.45) is 1.79. The van der Waals surface area contributed by atoms with Gasteiger partial charge in [0.15, 0.2) is 0 Å². The van der Waals surface area contributed by atoms with Gasteiger partial charge in [0.2, 0.25) is 0 Å². The van der Waals surface area contributed by atoms with Crippen LogP contribution < -0.4 is 4.90 Å². The lowest BCUT2D eigenvalue weighted by Gasteiger charge is -2.36. The number of carbonyl (C=O) groups excluding carboxylic acids is 1. The highest BCUT2D eigenvalue weighted by Gasteiger charge is 2.27. The molecule has 0 aliphatic carbocycles. The highest BCUT2D eigenvalue weighted by molar-refractivity contribution is 5.79. The molecule has 0 spiro atoms. The lowest BCUT2D eigenvalue weighted by atomic mass is 9.91. The van der Waals surface area contributed by atoms with Gasteiger partial charge >= 0.3 is 0 Å². The Balaban J connectivity index is 2.38. The Morgan fingerprint density at radius 3 is 2.47 bits per heavy atom. The van der Waals surface area contributed by atoms with E-state index in [2.05, 4.69) is 18.7 Å². The summed E-state index contributed by atoms with van der Waals surface area (Å²) in [7, 11) is 0. The molecule has 0 radical (unpaired) electrons. The van der Waals surface area contributed by atoms with Crippen LogP contribution >= 0.6 is 0 Å². The van der Waals surface area contributed by atoms with Crippen molar-refractivity contribution in [1.29, 1.82) is 0 Å². The maximum absolute atomic E-state index is 11.2. The first-order valence-corrected chi connectivity index (χ1v) is 6.49. The largest absolute Gasteiger partial charge is 0.365 e.